The number of H-pyrrole nitrogens is 1. The van der Waals surface area contributed by atoms with Crippen molar-refractivity contribution in [3.05, 3.63) is 41.0 Å². The molecule has 0 atom stereocenters. The van der Waals surface area contributed by atoms with Crippen molar-refractivity contribution in [1.29, 1.82) is 0 Å². The highest BCUT2D eigenvalue weighted by atomic mass is 32.1. The molecule has 0 aliphatic rings. The molecule has 0 unspecified atom stereocenters. The molecular weight excluding hydrogens is 232 g/mol. The summed E-state index contributed by atoms with van der Waals surface area (Å²) in [4.78, 5) is 8.50. The van der Waals surface area contributed by atoms with Crippen molar-refractivity contribution in [2.75, 3.05) is 0 Å². The lowest BCUT2D eigenvalue weighted by Gasteiger charge is -1.91. The predicted molar refractivity (Wildman–Crippen MR) is 67.7 cm³/mol. The van der Waals surface area contributed by atoms with Crippen LogP contribution in [0.25, 0.3) is 22.6 Å². The zero-order chi connectivity index (χ0) is 11.7. The fourth-order valence-electron chi connectivity index (χ4n) is 1.60. The summed E-state index contributed by atoms with van der Waals surface area (Å²) in [5, 5.41) is 10.3. The minimum absolute atomic E-state index is 0.888. The second-order valence-corrected chi connectivity index (χ2v) is 4.72. The number of hydrogen-bond acceptors (Lipinski definition) is 4. The standard InChI is InChI=1S/C12H10N4S/c1-8-14-12(7-17-8)11-5-10(15-16-11)9-3-2-4-13-6-9/h2-7H,1H3,(H,15,16). The molecule has 17 heavy (non-hydrogen) atoms. The van der Waals surface area contributed by atoms with Gasteiger partial charge in [0.1, 0.15) is 0 Å². The van der Waals surface area contributed by atoms with Crippen LogP contribution in [-0.2, 0) is 0 Å². The fraction of sp³-hybridized carbons (Fsp3) is 0.0833. The van der Waals surface area contributed by atoms with Crippen molar-refractivity contribution in [3.8, 4) is 22.6 Å². The lowest BCUT2D eigenvalue weighted by molar-refractivity contribution is 1.09. The lowest BCUT2D eigenvalue weighted by Crippen LogP contribution is -1.78. The van der Waals surface area contributed by atoms with Crippen LogP contribution in [0.4, 0.5) is 0 Å². The number of aryl methyl sites for hydroxylation is 1. The fourth-order valence-corrected chi connectivity index (χ4v) is 2.22. The third-order valence-electron chi connectivity index (χ3n) is 2.43. The molecule has 0 spiro atoms. The first-order valence-electron chi connectivity index (χ1n) is 5.21. The molecule has 3 aromatic heterocycles. The van der Waals surface area contributed by atoms with Crippen molar-refractivity contribution in [2.45, 2.75) is 6.92 Å². The maximum absolute atomic E-state index is 4.42. The molecule has 0 saturated heterocycles. The summed E-state index contributed by atoms with van der Waals surface area (Å²) >= 11 is 1.63. The van der Waals surface area contributed by atoms with Crippen LogP contribution in [0.5, 0.6) is 0 Å². The van der Waals surface area contributed by atoms with Crippen LogP contribution in [-0.4, -0.2) is 20.2 Å². The van der Waals surface area contributed by atoms with E-state index >= 15 is 0 Å². The Labute approximate surface area is 102 Å². The first-order valence-corrected chi connectivity index (χ1v) is 6.09. The SMILES string of the molecule is Cc1nc(-c2cc(-c3cccnc3)n[nH]2)cs1. The van der Waals surface area contributed by atoms with Crippen molar-refractivity contribution >= 4 is 11.3 Å². The smallest absolute Gasteiger partial charge is 0.0992 e. The molecule has 0 aliphatic heterocycles. The van der Waals surface area contributed by atoms with E-state index in [1.807, 2.05) is 30.5 Å². The quantitative estimate of drug-likeness (QED) is 0.751. The third kappa shape index (κ3) is 1.97. The van der Waals surface area contributed by atoms with Crippen LogP contribution in [0.1, 0.15) is 5.01 Å². The maximum Gasteiger partial charge on any atom is 0.0992 e. The zero-order valence-electron chi connectivity index (χ0n) is 9.21. The topological polar surface area (TPSA) is 54.5 Å². The number of aromatic nitrogens is 4. The van der Waals surface area contributed by atoms with Crippen molar-refractivity contribution in [2.24, 2.45) is 0 Å². The highest BCUT2D eigenvalue weighted by molar-refractivity contribution is 7.09. The van der Waals surface area contributed by atoms with Gasteiger partial charge in [0.15, 0.2) is 0 Å². The highest BCUT2D eigenvalue weighted by Crippen LogP contribution is 2.24. The number of pyridine rings is 1. The van der Waals surface area contributed by atoms with Crippen LogP contribution in [0.15, 0.2) is 36.0 Å². The summed E-state index contributed by atoms with van der Waals surface area (Å²) < 4.78 is 0. The third-order valence-corrected chi connectivity index (χ3v) is 3.20. The van der Waals surface area contributed by atoms with Gasteiger partial charge in [-0.15, -0.1) is 11.3 Å². The Kier molecular flexibility index (Phi) is 2.45. The molecule has 0 bridgehead atoms. The van der Waals surface area contributed by atoms with E-state index in [0.29, 0.717) is 0 Å². The summed E-state index contributed by atoms with van der Waals surface area (Å²) in [6.45, 7) is 1.99. The van der Waals surface area contributed by atoms with Gasteiger partial charge in [0.2, 0.25) is 0 Å². The molecule has 5 heteroatoms. The monoisotopic (exact) mass is 242 g/mol. The van der Waals surface area contributed by atoms with Gasteiger partial charge in [0.05, 0.1) is 22.1 Å². The van der Waals surface area contributed by atoms with E-state index in [4.69, 9.17) is 0 Å². The average Bonchev–Trinajstić information content (AvgIpc) is 2.98. The van der Waals surface area contributed by atoms with Gasteiger partial charge in [-0.1, -0.05) is 0 Å². The molecule has 0 aliphatic carbocycles. The van der Waals surface area contributed by atoms with Gasteiger partial charge in [0.25, 0.3) is 0 Å². The number of aromatic amines is 1. The van der Waals surface area contributed by atoms with Gasteiger partial charge in [-0.25, -0.2) is 4.98 Å². The molecule has 0 saturated carbocycles. The molecule has 1 N–H and O–H groups in total. The predicted octanol–water partition coefficient (Wildman–Crippen LogP) is 2.90. The summed E-state index contributed by atoms with van der Waals surface area (Å²) in [6.07, 6.45) is 3.55. The van der Waals surface area contributed by atoms with Gasteiger partial charge in [-0.3, -0.25) is 10.1 Å². The van der Waals surface area contributed by atoms with Gasteiger partial charge >= 0.3 is 0 Å². The minimum atomic E-state index is 0.888. The van der Waals surface area contributed by atoms with Gasteiger partial charge in [0, 0.05) is 23.3 Å². The zero-order valence-corrected chi connectivity index (χ0v) is 10.0. The Morgan fingerprint density at radius 1 is 1.29 bits per heavy atom. The first-order chi connectivity index (χ1) is 8.33. The average molecular weight is 242 g/mol. The maximum atomic E-state index is 4.42. The summed E-state index contributed by atoms with van der Waals surface area (Å²) in [5.41, 5.74) is 3.77. The molecule has 3 aromatic rings. The molecule has 84 valence electrons. The van der Waals surface area contributed by atoms with Crippen LogP contribution in [0.3, 0.4) is 0 Å². The van der Waals surface area contributed by atoms with Crippen molar-refractivity contribution in [3.63, 3.8) is 0 Å². The Hall–Kier alpha value is -2.01. The highest BCUT2D eigenvalue weighted by Gasteiger charge is 2.07. The molecular formula is C12H10N4S. The summed E-state index contributed by atoms with van der Waals surface area (Å²) in [6, 6.07) is 5.88. The molecule has 0 aromatic carbocycles. The van der Waals surface area contributed by atoms with E-state index in [0.717, 1.165) is 27.7 Å². The van der Waals surface area contributed by atoms with Crippen LogP contribution >= 0.6 is 11.3 Å². The Balaban J connectivity index is 1.99. The second-order valence-electron chi connectivity index (χ2n) is 3.66. The van der Waals surface area contributed by atoms with Gasteiger partial charge in [-0.2, -0.15) is 5.10 Å². The number of nitrogens with one attached hydrogen (secondary N) is 1. The Morgan fingerprint density at radius 2 is 2.24 bits per heavy atom. The van der Waals surface area contributed by atoms with Gasteiger partial charge < -0.3 is 0 Å². The minimum Gasteiger partial charge on any atom is -0.276 e. The molecule has 3 heterocycles. The Bertz CT molecular complexity index is 627. The van der Waals surface area contributed by atoms with Crippen LogP contribution < -0.4 is 0 Å². The number of thiazole rings is 1. The normalized spacial score (nSPS) is 10.6. The van der Waals surface area contributed by atoms with E-state index in [2.05, 4.69) is 20.2 Å². The molecule has 0 amide bonds. The summed E-state index contributed by atoms with van der Waals surface area (Å²) in [5.74, 6) is 0. The van der Waals surface area contributed by atoms with E-state index in [1.54, 1.807) is 23.7 Å². The van der Waals surface area contributed by atoms with Gasteiger partial charge in [-0.05, 0) is 25.1 Å². The van der Waals surface area contributed by atoms with Crippen LogP contribution in [0, 0.1) is 6.92 Å². The lowest BCUT2D eigenvalue weighted by atomic mass is 10.2. The molecule has 3 rings (SSSR count). The van der Waals surface area contributed by atoms with E-state index in [9.17, 15) is 0 Å². The molecule has 4 nitrogen and oxygen atoms in total. The summed E-state index contributed by atoms with van der Waals surface area (Å²) in [7, 11) is 0. The van der Waals surface area contributed by atoms with E-state index in [-0.39, 0.29) is 0 Å². The van der Waals surface area contributed by atoms with E-state index < -0.39 is 0 Å². The molecule has 0 radical (unpaired) electrons. The number of nitrogens with zero attached hydrogens (tertiary/aromatic N) is 3. The first kappa shape index (κ1) is 10.2. The number of hydrogen-bond donors (Lipinski definition) is 1. The van der Waals surface area contributed by atoms with Crippen molar-refractivity contribution in [1.82, 2.24) is 20.2 Å². The largest absolute Gasteiger partial charge is 0.276 e. The van der Waals surface area contributed by atoms with Crippen LogP contribution in [0.2, 0.25) is 0 Å². The molecule has 0 fully saturated rings. The Morgan fingerprint density at radius 3 is 2.94 bits per heavy atom. The van der Waals surface area contributed by atoms with E-state index in [1.165, 1.54) is 0 Å². The second kappa shape index (κ2) is 4.10. The number of rotatable bonds is 2. The van der Waals surface area contributed by atoms with Crippen molar-refractivity contribution < 1.29 is 0 Å².